The van der Waals surface area contributed by atoms with E-state index < -0.39 is 5.63 Å². The van der Waals surface area contributed by atoms with Crippen LogP contribution in [0.3, 0.4) is 0 Å². The van der Waals surface area contributed by atoms with Crippen LogP contribution in [0.2, 0.25) is 0 Å². The average Bonchev–Trinajstić information content (AvgIpc) is 2.34. The SMILES string of the molecule is CCC(=O)NCc1cc(=O)oc2cc(C)ccc12. The second-order valence-corrected chi connectivity index (χ2v) is 4.22. The van der Waals surface area contributed by atoms with Crippen molar-refractivity contribution >= 4 is 16.9 Å². The summed E-state index contributed by atoms with van der Waals surface area (Å²) in [6.07, 6.45) is 0.429. The van der Waals surface area contributed by atoms with Crippen LogP contribution in [0.4, 0.5) is 0 Å². The van der Waals surface area contributed by atoms with Gasteiger partial charge < -0.3 is 9.73 Å². The lowest BCUT2D eigenvalue weighted by Crippen LogP contribution is -2.22. The number of nitrogens with one attached hydrogen (secondary N) is 1. The zero-order valence-electron chi connectivity index (χ0n) is 10.4. The summed E-state index contributed by atoms with van der Waals surface area (Å²) in [5.41, 5.74) is 1.97. The zero-order chi connectivity index (χ0) is 13.1. The molecule has 2 aromatic rings. The number of hydrogen-bond acceptors (Lipinski definition) is 3. The molecule has 1 amide bonds. The van der Waals surface area contributed by atoms with Crippen molar-refractivity contribution in [3.8, 4) is 0 Å². The quantitative estimate of drug-likeness (QED) is 0.843. The fourth-order valence-electron chi connectivity index (χ4n) is 1.80. The maximum Gasteiger partial charge on any atom is 0.336 e. The molecular weight excluding hydrogens is 230 g/mol. The van der Waals surface area contributed by atoms with Gasteiger partial charge in [-0.25, -0.2) is 4.79 Å². The maximum absolute atomic E-state index is 11.5. The van der Waals surface area contributed by atoms with Crippen molar-refractivity contribution in [2.24, 2.45) is 0 Å². The summed E-state index contributed by atoms with van der Waals surface area (Å²) in [5.74, 6) is -0.0384. The monoisotopic (exact) mass is 245 g/mol. The lowest BCUT2D eigenvalue weighted by atomic mass is 10.1. The molecule has 0 saturated heterocycles. The van der Waals surface area contributed by atoms with Crippen molar-refractivity contribution < 1.29 is 9.21 Å². The molecule has 0 aliphatic carbocycles. The van der Waals surface area contributed by atoms with Gasteiger partial charge in [0.15, 0.2) is 0 Å². The van der Waals surface area contributed by atoms with E-state index in [-0.39, 0.29) is 5.91 Å². The highest BCUT2D eigenvalue weighted by molar-refractivity contribution is 5.82. The van der Waals surface area contributed by atoms with Gasteiger partial charge in [-0.05, 0) is 24.1 Å². The standard InChI is InChI=1S/C14H15NO3/c1-3-13(16)15-8-10-7-14(17)18-12-6-9(2)4-5-11(10)12/h4-7H,3,8H2,1-2H3,(H,15,16). The second kappa shape index (κ2) is 5.04. The average molecular weight is 245 g/mol. The molecule has 0 spiro atoms. The predicted molar refractivity (Wildman–Crippen MR) is 69.4 cm³/mol. The zero-order valence-corrected chi connectivity index (χ0v) is 10.4. The summed E-state index contributed by atoms with van der Waals surface area (Å²) in [6.45, 7) is 4.07. The molecule has 0 aliphatic rings. The van der Waals surface area contributed by atoms with Gasteiger partial charge in [0.05, 0.1) is 0 Å². The molecule has 2 rings (SSSR count). The van der Waals surface area contributed by atoms with Gasteiger partial charge in [-0.15, -0.1) is 0 Å². The maximum atomic E-state index is 11.5. The number of benzene rings is 1. The summed E-state index contributed by atoms with van der Waals surface area (Å²) < 4.78 is 5.15. The minimum atomic E-state index is -0.395. The first-order valence-electron chi connectivity index (χ1n) is 5.90. The Balaban J connectivity index is 2.43. The van der Waals surface area contributed by atoms with Crippen LogP contribution in [0.1, 0.15) is 24.5 Å². The second-order valence-electron chi connectivity index (χ2n) is 4.22. The smallest absolute Gasteiger partial charge is 0.336 e. The van der Waals surface area contributed by atoms with Crippen LogP contribution in [-0.4, -0.2) is 5.91 Å². The number of fused-ring (bicyclic) bond motifs is 1. The van der Waals surface area contributed by atoms with E-state index in [1.165, 1.54) is 6.07 Å². The molecule has 4 heteroatoms. The fraction of sp³-hybridized carbons (Fsp3) is 0.286. The van der Waals surface area contributed by atoms with Crippen LogP contribution in [0, 0.1) is 6.92 Å². The number of aryl methyl sites for hydroxylation is 1. The minimum Gasteiger partial charge on any atom is -0.423 e. The van der Waals surface area contributed by atoms with Gasteiger partial charge in [0.1, 0.15) is 5.58 Å². The van der Waals surface area contributed by atoms with Crippen molar-refractivity contribution in [2.75, 3.05) is 0 Å². The molecule has 0 saturated carbocycles. The van der Waals surface area contributed by atoms with E-state index in [2.05, 4.69) is 5.32 Å². The number of amides is 1. The van der Waals surface area contributed by atoms with E-state index in [0.29, 0.717) is 18.5 Å². The van der Waals surface area contributed by atoms with Crippen molar-refractivity contribution in [3.05, 3.63) is 45.8 Å². The third kappa shape index (κ3) is 2.59. The summed E-state index contributed by atoms with van der Waals surface area (Å²) in [5, 5.41) is 3.62. The number of carbonyl (C=O) groups is 1. The summed E-state index contributed by atoms with van der Waals surface area (Å²) in [4.78, 5) is 22.7. The molecule has 0 radical (unpaired) electrons. The topological polar surface area (TPSA) is 59.3 Å². The molecule has 1 aromatic heterocycles. The third-order valence-corrected chi connectivity index (χ3v) is 2.78. The molecule has 0 bridgehead atoms. The van der Waals surface area contributed by atoms with Gasteiger partial charge in [-0.2, -0.15) is 0 Å². The Morgan fingerprint density at radius 3 is 2.83 bits per heavy atom. The molecule has 4 nitrogen and oxygen atoms in total. The van der Waals surface area contributed by atoms with Crippen LogP contribution in [0.15, 0.2) is 33.5 Å². The van der Waals surface area contributed by atoms with Crippen LogP contribution in [0.25, 0.3) is 11.0 Å². The summed E-state index contributed by atoms with van der Waals surface area (Å²) in [7, 11) is 0. The molecule has 0 unspecified atom stereocenters. The van der Waals surface area contributed by atoms with E-state index in [4.69, 9.17) is 4.42 Å². The summed E-state index contributed by atoms with van der Waals surface area (Å²) >= 11 is 0. The van der Waals surface area contributed by atoms with E-state index in [1.807, 2.05) is 25.1 Å². The molecule has 94 valence electrons. The summed E-state index contributed by atoms with van der Waals surface area (Å²) in [6, 6.07) is 7.10. The third-order valence-electron chi connectivity index (χ3n) is 2.78. The first-order chi connectivity index (χ1) is 8.60. The van der Waals surface area contributed by atoms with E-state index >= 15 is 0 Å². The Hall–Kier alpha value is -2.10. The highest BCUT2D eigenvalue weighted by Gasteiger charge is 2.06. The van der Waals surface area contributed by atoms with E-state index in [0.717, 1.165) is 16.5 Å². The molecule has 18 heavy (non-hydrogen) atoms. The molecular formula is C14H15NO3. The fourth-order valence-corrected chi connectivity index (χ4v) is 1.80. The Labute approximate surface area is 105 Å². The first-order valence-corrected chi connectivity index (χ1v) is 5.90. The molecule has 0 atom stereocenters. The highest BCUT2D eigenvalue weighted by atomic mass is 16.4. The first kappa shape index (κ1) is 12.4. The Kier molecular flexibility index (Phi) is 3.46. The molecule has 1 heterocycles. The molecule has 1 aromatic carbocycles. The van der Waals surface area contributed by atoms with Gasteiger partial charge in [-0.3, -0.25) is 4.79 Å². The Morgan fingerprint density at radius 1 is 1.33 bits per heavy atom. The number of rotatable bonds is 3. The van der Waals surface area contributed by atoms with Gasteiger partial charge >= 0.3 is 5.63 Å². The minimum absolute atomic E-state index is 0.0384. The van der Waals surface area contributed by atoms with Crippen LogP contribution in [0.5, 0.6) is 0 Å². The van der Waals surface area contributed by atoms with Crippen molar-refractivity contribution in [1.29, 1.82) is 0 Å². The van der Waals surface area contributed by atoms with Gasteiger partial charge in [0.2, 0.25) is 5.91 Å². The van der Waals surface area contributed by atoms with Crippen LogP contribution >= 0.6 is 0 Å². The Morgan fingerprint density at radius 2 is 2.11 bits per heavy atom. The van der Waals surface area contributed by atoms with E-state index in [1.54, 1.807) is 6.92 Å². The predicted octanol–water partition coefficient (Wildman–Crippen LogP) is 2.13. The van der Waals surface area contributed by atoms with Crippen LogP contribution < -0.4 is 10.9 Å². The molecule has 1 N–H and O–H groups in total. The largest absolute Gasteiger partial charge is 0.423 e. The van der Waals surface area contributed by atoms with E-state index in [9.17, 15) is 9.59 Å². The van der Waals surface area contributed by atoms with Gasteiger partial charge in [-0.1, -0.05) is 19.1 Å². The van der Waals surface area contributed by atoms with Crippen molar-refractivity contribution in [1.82, 2.24) is 5.32 Å². The molecule has 0 fully saturated rings. The lowest BCUT2D eigenvalue weighted by molar-refractivity contribution is -0.120. The van der Waals surface area contributed by atoms with Crippen molar-refractivity contribution in [2.45, 2.75) is 26.8 Å². The number of hydrogen-bond donors (Lipinski definition) is 1. The van der Waals surface area contributed by atoms with Gasteiger partial charge in [0.25, 0.3) is 0 Å². The lowest BCUT2D eigenvalue weighted by Gasteiger charge is -2.07. The van der Waals surface area contributed by atoms with Crippen LogP contribution in [-0.2, 0) is 11.3 Å². The highest BCUT2D eigenvalue weighted by Crippen LogP contribution is 2.18. The normalized spacial score (nSPS) is 10.6. The number of carbonyl (C=O) groups excluding carboxylic acids is 1. The molecule has 0 aliphatic heterocycles. The van der Waals surface area contributed by atoms with Crippen molar-refractivity contribution in [3.63, 3.8) is 0 Å². The van der Waals surface area contributed by atoms with Gasteiger partial charge in [0, 0.05) is 24.4 Å². The Bertz CT molecular complexity index is 643.